The third-order valence-corrected chi connectivity index (χ3v) is 1.73. The van der Waals surface area contributed by atoms with Gasteiger partial charge in [0.1, 0.15) is 0 Å². The summed E-state index contributed by atoms with van der Waals surface area (Å²) in [6, 6.07) is 0.473. The number of hydrogen-bond acceptors (Lipinski definition) is 4. The van der Waals surface area contributed by atoms with Gasteiger partial charge in [-0.05, 0) is 33.9 Å². The van der Waals surface area contributed by atoms with Gasteiger partial charge in [0.15, 0.2) is 0 Å². The average Bonchev–Trinajstić information content (AvgIpc) is 1.97. The maximum atomic E-state index is 9.75. The summed E-state index contributed by atoms with van der Waals surface area (Å²) in [7, 11) is 1.98. The quantitative estimate of drug-likeness (QED) is 0.343. The molecule has 0 N–H and O–H groups in total. The molecule has 0 aromatic rings. The molecule has 72 valence electrons. The Morgan fingerprint density at radius 3 is 2.58 bits per heavy atom. The van der Waals surface area contributed by atoms with Gasteiger partial charge in [0.2, 0.25) is 0 Å². The highest BCUT2D eigenvalue weighted by atomic mass is 16.9. The summed E-state index contributed by atoms with van der Waals surface area (Å²) in [6.45, 7) is 5.16. The molecule has 12 heavy (non-hydrogen) atoms. The molecular weight excluding hydrogens is 160 g/mol. The van der Waals surface area contributed by atoms with Crippen LogP contribution in [0.25, 0.3) is 0 Å². The molecule has 0 unspecified atom stereocenters. The van der Waals surface area contributed by atoms with E-state index in [9.17, 15) is 10.1 Å². The Balaban J connectivity index is 3.25. The van der Waals surface area contributed by atoms with Gasteiger partial charge >= 0.3 is 0 Å². The summed E-state index contributed by atoms with van der Waals surface area (Å²) in [5, 5.41) is 8.99. The molecule has 0 aliphatic heterocycles. The molecule has 0 saturated carbocycles. The second kappa shape index (κ2) is 5.77. The summed E-state index contributed by atoms with van der Waals surface area (Å²) in [4.78, 5) is 16.0. The Morgan fingerprint density at radius 2 is 2.17 bits per heavy atom. The van der Waals surface area contributed by atoms with Crippen LogP contribution in [0.15, 0.2) is 0 Å². The first-order valence-electron chi connectivity index (χ1n) is 4.01. The van der Waals surface area contributed by atoms with Crippen molar-refractivity contribution in [1.29, 1.82) is 0 Å². The van der Waals surface area contributed by atoms with Crippen LogP contribution >= 0.6 is 0 Å². The predicted octanol–water partition coefficient (Wildman–Crippen LogP) is 0.925. The summed E-state index contributed by atoms with van der Waals surface area (Å²) >= 11 is 0. The Labute approximate surface area is 72.4 Å². The van der Waals surface area contributed by atoms with Crippen molar-refractivity contribution in [3.8, 4) is 0 Å². The Hall–Kier alpha value is -0.840. The fourth-order valence-electron chi connectivity index (χ4n) is 0.711. The standard InChI is InChI=1S/C7H16N2O3/c1-7(2)8(3)5-4-6-12-9(10)11/h7H,4-6H2,1-3H3. The van der Waals surface area contributed by atoms with E-state index in [-0.39, 0.29) is 6.61 Å². The van der Waals surface area contributed by atoms with Crippen LogP contribution in [0, 0.1) is 10.1 Å². The van der Waals surface area contributed by atoms with Crippen LogP contribution in [-0.2, 0) is 4.84 Å². The van der Waals surface area contributed by atoms with Gasteiger partial charge in [-0.15, -0.1) is 10.1 Å². The van der Waals surface area contributed by atoms with E-state index in [1.807, 2.05) is 7.05 Å². The lowest BCUT2D eigenvalue weighted by Gasteiger charge is -2.20. The van der Waals surface area contributed by atoms with E-state index in [4.69, 9.17) is 0 Å². The first-order chi connectivity index (χ1) is 5.54. The van der Waals surface area contributed by atoms with Crippen molar-refractivity contribution in [2.24, 2.45) is 0 Å². The van der Waals surface area contributed by atoms with E-state index in [1.54, 1.807) is 0 Å². The van der Waals surface area contributed by atoms with Crippen molar-refractivity contribution < 1.29 is 9.92 Å². The van der Waals surface area contributed by atoms with Crippen LogP contribution in [0.1, 0.15) is 20.3 Å². The lowest BCUT2D eigenvalue weighted by Crippen LogP contribution is -2.28. The van der Waals surface area contributed by atoms with Crippen molar-refractivity contribution in [2.45, 2.75) is 26.3 Å². The largest absolute Gasteiger partial charge is 0.314 e. The van der Waals surface area contributed by atoms with Crippen molar-refractivity contribution >= 4 is 0 Å². The molecule has 5 nitrogen and oxygen atoms in total. The number of nitrogens with zero attached hydrogens (tertiary/aromatic N) is 2. The average molecular weight is 176 g/mol. The van der Waals surface area contributed by atoms with E-state index in [0.717, 1.165) is 6.54 Å². The molecule has 0 aliphatic rings. The fraction of sp³-hybridized carbons (Fsp3) is 1.00. The van der Waals surface area contributed by atoms with Gasteiger partial charge in [0.25, 0.3) is 5.09 Å². The van der Waals surface area contributed by atoms with Crippen molar-refractivity contribution in [2.75, 3.05) is 20.2 Å². The molecule has 0 aliphatic carbocycles. The zero-order valence-electron chi connectivity index (χ0n) is 7.82. The first-order valence-corrected chi connectivity index (χ1v) is 4.01. The number of rotatable bonds is 6. The molecular formula is C7H16N2O3. The van der Waals surface area contributed by atoms with Crippen LogP contribution in [0.5, 0.6) is 0 Å². The highest BCUT2D eigenvalue weighted by molar-refractivity contribution is 4.55. The van der Waals surface area contributed by atoms with Crippen LogP contribution in [0.3, 0.4) is 0 Å². The zero-order chi connectivity index (χ0) is 9.56. The fourth-order valence-corrected chi connectivity index (χ4v) is 0.711. The monoisotopic (exact) mass is 176 g/mol. The molecule has 0 saturated heterocycles. The molecule has 0 amide bonds. The highest BCUT2D eigenvalue weighted by Gasteiger charge is 2.02. The molecule has 0 radical (unpaired) electrons. The van der Waals surface area contributed by atoms with Gasteiger partial charge in [-0.2, -0.15) is 0 Å². The predicted molar refractivity (Wildman–Crippen MR) is 45.3 cm³/mol. The summed E-state index contributed by atoms with van der Waals surface area (Å²) in [6.07, 6.45) is 0.690. The van der Waals surface area contributed by atoms with Crippen molar-refractivity contribution in [3.05, 3.63) is 10.1 Å². The van der Waals surface area contributed by atoms with Crippen LogP contribution in [0.2, 0.25) is 0 Å². The minimum absolute atomic E-state index is 0.185. The minimum Gasteiger partial charge on any atom is -0.314 e. The third-order valence-electron chi connectivity index (χ3n) is 1.73. The van der Waals surface area contributed by atoms with E-state index >= 15 is 0 Å². The summed E-state index contributed by atoms with van der Waals surface area (Å²) in [5.41, 5.74) is 0. The van der Waals surface area contributed by atoms with E-state index in [1.165, 1.54) is 0 Å². The lowest BCUT2D eigenvalue weighted by molar-refractivity contribution is -0.757. The lowest BCUT2D eigenvalue weighted by atomic mass is 10.3. The molecule has 0 atom stereocenters. The molecule has 0 aromatic carbocycles. The zero-order valence-corrected chi connectivity index (χ0v) is 7.82. The van der Waals surface area contributed by atoms with Crippen molar-refractivity contribution in [1.82, 2.24) is 4.90 Å². The van der Waals surface area contributed by atoms with E-state index in [2.05, 4.69) is 23.6 Å². The summed E-state index contributed by atoms with van der Waals surface area (Å²) < 4.78 is 0. The molecule has 0 aromatic heterocycles. The van der Waals surface area contributed by atoms with Gasteiger partial charge < -0.3 is 9.74 Å². The second-order valence-corrected chi connectivity index (χ2v) is 2.98. The first kappa shape index (κ1) is 11.2. The van der Waals surface area contributed by atoms with Gasteiger partial charge in [0, 0.05) is 6.04 Å². The minimum atomic E-state index is -0.755. The summed E-state index contributed by atoms with van der Waals surface area (Å²) in [5.74, 6) is 0. The molecule has 0 fully saturated rings. The maximum Gasteiger partial charge on any atom is 0.294 e. The SMILES string of the molecule is CC(C)N(C)CCCO[N+](=O)[O-]. The van der Waals surface area contributed by atoms with Gasteiger partial charge in [-0.1, -0.05) is 0 Å². The Kier molecular flexibility index (Phi) is 5.36. The molecule has 0 spiro atoms. The van der Waals surface area contributed by atoms with Gasteiger partial charge in [0.05, 0.1) is 6.61 Å². The van der Waals surface area contributed by atoms with Crippen LogP contribution < -0.4 is 0 Å². The van der Waals surface area contributed by atoms with E-state index < -0.39 is 5.09 Å². The smallest absolute Gasteiger partial charge is 0.294 e. The highest BCUT2D eigenvalue weighted by Crippen LogP contribution is 1.95. The van der Waals surface area contributed by atoms with Gasteiger partial charge in [-0.3, -0.25) is 0 Å². The van der Waals surface area contributed by atoms with Crippen molar-refractivity contribution in [3.63, 3.8) is 0 Å². The van der Waals surface area contributed by atoms with Gasteiger partial charge in [-0.25, -0.2) is 0 Å². The molecule has 0 rings (SSSR count). The topological polar surface area (TPSA) is 55.6 Å². The normalized spacial score (nSPS) is 10.8. The Bertz CT molecular complexity index is 139. The second-order valence-electron chi connectivity index (χ2n) is 2.98. The molecule has 5 heteroatoms. The molecule has 0 bridgehead atoms. The van der Waals surface area contributed by atoms with Crippen LogP contribution in [-0.4, -0.2) is 36.2 Å². The van der Waals surface area contributed by atoms with Crippen LogP contribution in [0.4, 0.5) is 0 Å². The number of hydrogen-bond donors (Lipinski definition) is 0. The molecule has 0 heterocycles. The van der Waals surface area contributed by atoms with E-state index in [0.29, 0.717) is 12.5 Å². The Morgan fingerprint density at radius 1 is 1.58 bits per heavy atom. The third kappa shape index (κ3) is 5.91. The maximum absolute atomic E-state index is 9.75.